The van der Waals surface area contributed by atoms with Gasteiger partial charge in [0.15, 0.2) is 0 Å². The van der Waals surface area contributed by atoms with E-state index < -0.39 is 7.26 Å². The van der Waals surface area contributed by atoms with Gasteiger partial charge in [-0.2, -0.15) is 0 Å². The van der Waals surface area contributed by atoms with Crippen LogP contribution in [0.3, 0.4) is 0 Å². The van der Waals surface area contributed by atoms with E-state index in [0.29, 0.717) is 0 Å². The average molecular weight is 326 g/mol. The average Bonchev–Trinajstić information content (AvgIpc) is 2.56. The van der Waals surface area contributed by atoms with Gasteiger partial charge in [0.1, 0.15) is 0 Å². The molecule has 0 unspecified atom stereocenters. The summed E-state index contributed by atoms with van der Waals surface area (Å²) in [5.74, 6) is 0. The molecule has 0 bridgehead atoms. The zero-order valence-corrected chi connectivity index (χ0v) is 14.5. The second-order valence-electron chi connectivity index (χ2n) is 6.06. The Morgan fingerprint density at radius 2 is 1.36 bits per heavy atom. The van der Waals surface area contributed by atoms with E-state index >= 15 is 0 Å². The van der Waals surface area contributed by atoms with Gasteiger partial charge in [-0.15, -0.1) is 0 Å². The summed E-state index contributed by atoms with van der Waals surface area (Å²) >= 11 is 0. The molecular formula is C18H31O3P. The molecule has 3 nitrogen and oxygen atoms in total. The van der Waals surface area contributed by atoms with Crippen molar-refractivity contribution in [3.05, 3.63) is 42.0 Å². The molecule has 0 heterocycles. The van der Waals surface area contributed by atoms with Crippen molar-refractivity contribution in [2.75, 3.05) is 38.3 Å². The fourth-order valence-corrected chi connectivity index (χ4v) is 8.44. The molecule has 0 amide bonds. The Kier molecular flexibility index (Phi) is 9.58. The Balaban J connectivity index is 3.00. The van der Waals surface area contributed by atoms with Crippen molar-refractivity contribution in [3.63, 3.8) is 0 Å². The Labute approximate surface area is 135 Å². The molecule has 3 N–H and O–H groups in total. The first-order valence-electron chi connectivity index (χ1n) is 8.24. The van der Waals surface area contributed by atoms with E-state index in [1.807, 2.05) is 12.1 Å². The summed E-state index contributed by atoms with van der Waals surface area (Å²) in [6.45, 7) is 4.56. The predicted octanol–water partition coefficient (Wildman–Crippen LogP) is 2.73. The van der Waals surface area contributed by atoms with Crippen molar-refractivity contribution in [2.24, 2.45) is 0 Å². The van der Waals surface area contributed by atoms with Gasteiger partial charge in [-0.05, 0) is 0 Å². The molecule has 1 aromatic carbocycles. The number of hydrogen-bond acceptors (Lipinski definition) is 3. The van der Waals surface area contributed by atoms with Gasteiger partial charge in [0.2, 0.25) is 0 Å². The number of aliphatic hydroxyl groups excluding tert-OH is 3. The van der Waals surface area contributed by atoms with Crippen molar-refractivity contribution in [1.29, 1.82) is 0 Å². The monoisotopic (exact) mass is 326 g/mol. The third-order valence-corrected chi connectivity index (χ3v) is 9.81. The first kappa shape index (κ1) is 19.3. The van der Waals surface area contributed by atoms with Gasteiger partial charge in [0, 0.05) is 0 Å². The first-order chi connectivity index (χ1) is 10.7. The van der Waals surface area contributed by atoms with Crippen LogP contribution >= 0.6 is 7.26 Å². The maximum atomic E-state index is 9.25. The fraction of sp³-hybridized carbons (Fsp3) is 0.556. The van der Waals surface area contributed by atoms with E-state index in [4.69, 9.17) is 0 Å². The van der Waals surface area contributed by atoms with Crippen LogP contribution in [0.2, 0.25) is 0 Å². The topological polar surface area (TPSA) is 60.7 Å². The van der Waals surface area contributed by atoms with Crippen molar-refractivity contribution in [1.82, 2.24) is 0 Å². The summed E-state index contributed by atoms with van der Waals surface area (Å²) in [4.78, 5) is 0. The van der Waals surface area contributed by atoms with E-state index in [1.54, 1.807) is 0 Å². The number of aliphatic hydroxyl groups is 3. The molecule has 0 aromatic heterocycles. The third-order valence-electron chi connectivity index (χ3n) is 4.44. The molecule has 4 heteroatoms. The molecule has 0 spiro atoms. The quantitative estimate of drug-likeness (QED) is 0.518. The molecule has 0 saturated carbocycles. The van der Waals surface area contributed by atoms with Crippen molar-refractivity contribution < 1.29 is 15.3 Å². The van der Waals surface area contributed by atoms with E-state index in [1.165, 1.54) is 11.1 Å². The molecular weight excluding hydrogens is 295 g/mol. The van der Waals surface area contributed by atoms with Crippen LogP contribution in [0.25, 0.3) is 6.08 Å². The molecule has 0 radical (unpaired) electrons. The van der Waals surface area contributed by atoms with Crippen molar-refractivity contribution >= 4 is 13.3 Å². The van der Waals surface area contributed by atoms with Gasteiger partial charge in [0.25, 0.3) is 0 Å². The van der Waals surface area contributed by atoms with Gasteiger partial charge in [-0.25, -0.2) is 0 Å². The normalized spacial score (nSPS) is 12.3. The molecule has 0 aliphatic heterocycles. The third kappa shape index (κ3) is 6.18. The minimum atomic E-state index is -1.67. The second kappa shape index (κ2) is 10.9. The Morgan fingerprint density at radius 3 is 1.82 bits per heavy atom. The summed E-state index contributed by atoms with van der Waals surface area (Å²) in [5, 5.41) is 27.8. The predicted molar refractivity (Wildman–Crippen MR) is 98.3 cm³/mol. The Morgan fingerprint density at radius 1 is 0.864 bits per heavy atom. The zero-order valence-electron chi connectivity index (χ0n) is 13.5. The fourth-order valence-electron chi connectivity index (χ4n) is 3.30. The Hall–Kier alpha value is -0.730. The zero-order chi connectivity index (χ0) is 16.3. The van der Waals surface area contributed by atoms with Crippen LogP contribution in [0, 0.1) is 0 Å². The molecule has 0 fully saturated rings. The van der Waals surface area contributed by atoms with Crippen LogP contribution in [0.5, 0.6) is 0 Å². The first-order valence-corrected chi connectivity index (χ1v) is 11.1. The second-order valence-corrected chi connectivity index (χ2v) is 10.9. The summed E-state index contributed by atoms with van der Waals surface area (Å²) in [5.41, 5.74) is 2.49. The van der Waals surface area contributed by atoms with Gasteiger partial charge < -0.3 is 0 Å². The summed E-state index contributed by atoms with van der Waals surface area (Å²) < 4.78 is 0. The van der Waals surface area contributed by atoms with Gasteiger partial charge in [-0.1, -0.05) is 0 Å². The van der Waals surface area contributed by atoms with Crippen LogP contribution in [0.1, 0.15) is 30.4 Å². The summed E-state index contributed by atoms with van der Waals surface area (Å²) in [6.07, 6.45) is 8.55. The van der Waals surface area contributed by atoms with Gasteiger partial charge in [0.05, 0.1) is 0 Å². The maximum absolute atomic E-state index is 9.25. The summed E-state index contributed by atoms with van der Waals surface area (Å²) in [7, 11) is -1.67. The van der Waals surface area contributed by atoms with E-state index in [-0.39, 0.29) is 19.8 Å². The number of benzene rings is 1. The van der Waals surface area contributed by atoms with E-state index in [0.717, 1.165) is 43.9 Å². The number of hydrogen-bond donors (Lipinski definition) is 3. The van der Waals surface area contributed by atoms with Crippen LogP contribution in [-0.2, 0) is 6.16 Å². The van der Waals surface area contributed by atoms with Crippen LogP contribution < -0.4 is 0 Å². The molecule has 1 rings (SSSR count). The van der Waals surface area contributed by atoms with Gasteiger partial charge >= 0.3 is 134 Å². The molecule has 126 valence electrons. The molecule has 1 aromatic rings. The van der Waals surface area contributed by atoms with E-state index in [9.17, 15) is 15.3 Å². The SMILES string of the molecule is C=Cc1ccccc1C[PH](CCCO)(CCCO)CCCO. The molecule has 22 heavy (non-hydrogen) atoms. The molecule has 0 aliphatic rings. The van der Waals surface area contributed by atoms with Gasteiger partial charge in [-0.3, -0.25) is 0 Å². The number of rotatable bonds is 12. The molecule has 0 saturated heterocycles. The van der Waals surface area contributed by atoms with Crippen LogP contribution in [0.15, 0.2) is 30.8 Å². The van der Waals surface area contributed by atoms with E-state index in [2.05, 4.69) is 24.8 Å². The minimum absolute atomic E-state index is 0.218. The van der Waals surface area contributed by atoms with Crippen molar-refractivity contribution in [2.45, 2.75) is 25.4 Å². The molecule has 0 aliphatic carbocycles. The molecule has 0 atom stereocenters. The summed E-state index contributed by atoms with van der Waals surface area (Å²) in [6, 6.07) is 8.34. The standard InChI is InChI=1S/C18H31O3P/c1-2-17-8-3-4-9-18(17)16-22(13-5-10-19,14-6-11-20)15-7-12-21/h2-4,8-9,19-22H,1,5-7,10-16H2. The van der Waals surface area contributed by atoms with Crippen LogP contribution in [0.4, 0.5) is 0 Å². The van der Waals surface area contributed by atoms with Crippen molar-refractivity contribution in [3.8, 4) is 0 Å². The Bertz CT molecular complexity index is 412. The van der Waals surface area contributed by atoms with Crippen LogP contribution in [-0.4, -0.2) is 53.6 Å².